The van der Waals surface area contributed by atoms with Gasteiger partial charge in [-0.15, -0.1) is 0 Å². The molecule has 0 spiro atoms. The van der Waals surface area contributed by atoms with Crippen molar-refractivity contribution >= 4 is 22.3 Å². The Labute approximate surface area is 166 Å². The van der Waals surface area contributed by atoms with E-state index in [1.807, 2.05) is 12.1 Å². The van der Waals surface area contributed by atoms with E-state index >= 15 is 0 Å². The lowest BCUT2D eigenvalue weighted by Gasteiger charge is -2.25. The van der Waals surface area contributed by atoms with Crippen molar-refractivity contribution in [1.29, 1.82) is 5.26 Å². The summed E-state index contributed by atoms with van der Waals surface area (Å²) in [6.07, 6.45) is 3.45. The minimum absolute atomic E-state index is 0.187. The van der Waals surface area contributed by atoms with Crippen LogP contribution in [0.1, 0.15) is 5.56 Å². The molecule has 3 aromatic heterocycles. The number of hydrogen-bond donors (Lipinski definition) is 1. The number of hydrogen-bond acceptors (Lipinski definition) is 9. The Morgan fingerprint density at radius 2 is 2.07 bits per heavy atom. The molecule has 0 aliphatic carbocycles. The molecule has 2 N–H and O–H groups in total. The predicted molar refractivity (Wildman–Crippen MR) is 107 cm³/mol. The van der Waals surface area contributed by atoms with Crippen LogP contribution in [0.4, 0.5) is 10.9 Å². The Kier molecular flexibility index (Phi) is 5.06. The Hall–Kier alpha value is -3.22. The van der Waals surface area contributed by atoms with Crippen LogP contribution in [0.5, 0.6) is 5.88 Å². The molecule has 1 saturated heterocycles. The lowest BCUT2D eigenvalue weighted by atomic mass is 10.0. The zero-order valence-corrected chi connectivity index (χ0v) is 16.1. The van der Waals surface area contributed by atoms with E-state index in [-0.39, 0.29) is 5.82 Å². The summed E-state index contributed by atoms with van der Waals surface area (Å²) in [5.74, 6) is 0.704. The SMILES string of the molecule is COc1ccc(-c2cc(-c3cnc(N4CCOCC4)s3)c(C#N)c(N)n2)cn1. The maximum atomic E-state index is 9.60. The first-order chi connectivity index (χ1) is 13.7. The molecule has 8 nitrogen and oxygen atoms in total. The average Bonchev–Trinajstić information content (AvgIpc) is 3.24. The molecule has 142 valence electrons. The van der Waals surface area contributed by atoms with Crippen LogP contribution in [0.2, 0.25) is 0 Å². The summed E-state index contributed by atoms with van der Waals surface area (Å²) in [6.45, 7) is 2.99. The van der Waals surface area contributed by atoms with Gasteiger partial charge in [-0.25, -0.2) is 15.0 Å². The Morgan fingerprint density at radius 1 is 1.25 bits per heavy atom. The highest BCUT2D eigenvalue weighted by atomic mass is 32.1. The fourth-order valence-electron chi connectivity index (χ4n) is 2.97. The number of anilines is 2. The summed E-state index contributed by atoms with van der Waals surface area (Å²) in [5, 5.41) is 10.5. The molecule has 4 heterocycles. The molecule has 0 atom stereocenters. The minimum atomic E-state index is 0.187. The van der Waals surface area contributed by atoms with Crippen LogP contribution in [0.15, 0.2) is 30.6 Å². The van der Waals surface area contributed by atoms with E-state index in [0.29, 0.717) is 30.4 Å². The smallest absolute Gasteiger partial charge is 0.212 e. The van der Waals surface area contributed by atoms with Gasteiger partial charge in [0, 0.05) is 42.7 Å². The van der Waals surface area contributed by atoms with Crippen molar-refractivity contribution < 1.29 is 9.47 Å². The summed E-state index contributed by atoms with van der Waals surface area (Å²) in [5.41, 5.74) is 8.59. The van der Waals surface area contributed by atoms with Gasteiger partial charge in [0.25, 0.3) is 0 Å². The zero-order valence-electron chi connectivity index (χ0n) is 15.3. The Morgan fingerprint density at radius 3 is 2.75 bits per heavy atom. The third-order valence-corrected chi connectivity index (χ3v) is 5.53. The molecule has 1 aliphatic heterocycles. The quantitative estimate of drug-likeness (QED) is 0.719. The van der Waals surface area contributed by atoms with Gasteiger partial charge in [0.2, 0.25) is 5.88 Å². The largest absolute Gasteiger partial charge is 0.481 e. The van der Waals surface area contributed by atoms with Crippen LogP contribution in [-0.2, 0) is 4.74 Å². The summed E-state index contributed by atoms with van der Waals surface area (Å²) in [6, 6.07) is 7.64. The first-order valence-corrected chi connectivity index (χ1v) is 9.51. The molecule has 0 amide bonds. The lowest BCUT2D eigenvalue weighted by Crippen LogP contribution is -2.36. The van der Waals surface area contributed by atoms with Crippen molar-refractivity contribution in [1.82, 2.24) is 15.0 Å². The third-order valence-electron chi connectivity index (χ3n) is 4.44. The van der Waals surface area contributed by atoms with Crippen molar-refractivity contribution in [2.75, 3.05) is 44.0 Å². The van der Waals surface area contributed by atoms with E-state index in [0.717, 1.165) is 34.2 Å². The lowest BCUT2D eigenvalue weighted by molar-refractivity contribution is 0.122. The molecule has 0 bridgehead atoms. The molecule has 4 rings (SSSR count). The standard InChI is InChI=1S/C19H18N6O2S/c1-26-17-3-2-12(10-22-17)15-8-13(14(9-20)18(21)24-15)16-11-23-19(28-16)25-4-6-27-7-5-25/h2-3,8,10-11H,4-7H2,1H3,(H2,21,24). The van der Waals surface area contributed by atoms with Gasteiger partial charge in [-0.3, -0.25) is 0 Å². The topological polar surface area (TPSA) is 110 Å². The fourth-order valence-corrected chi connectivity index (χ4v) is 3.96. The van der Waals surface area contributed by atoms with Crippen molar-refractivity contribution in [2.45, 2.75) is 0 Å². The summed E-state index contributed by atoms with van der Waals surface area (Å²) >= 11 is 1.53. The number of nitrogens with two attached hydrogens (primary N) is 1. The monoisotopic (exact) mass is 394 g/mol. The van der Waals surface area contributed by atoms with Crippen LogP contribution in [0.3, 0.4) is 0 Å². The highest BCUT2D eigenvalue weighted by Crippen LogP contribution is 2.36. The normalized spacial score (nSPS) is 13.9. The van der Waals surface area contributed by atoms with Crippen LogP contribution in [0, 0.1) is 11.3 Å². The van der Waals surface area contributed by atoms with Crippen molar-refractivity contribution in [3.8, 4) is 33.6 Å². The van der Waals surface area contributed by atoms with E-state index in [2.05, 4.69) is 25.9 Å². The van der Waals surface area contributed by atoms with Gasteiger partial charge < -0.3 is 20.1 Å². The Balaban J connectivity index is 1.74. The van der Waals surface area contributed by atoms with Crippen LogP contribution in [-0.4, -0.2) is 48.4 Å². The van der Waals surface area contributed by atoms with Crippen molar-refractivity contribution in [3.63, 3.8) is 0 Å². The van der Waals surface area contributed by atoms with E-state index in [1.54, 1.807) is 25.6 Å². The molecule has 0 radical (unpaired) electrons. The molecule has 3 aromatic rings. The maximum absolute atomic E-state index is 9.60. The maximum Gasteiger partial charge on any atom is 0.212 e. The predicted octanol–water partition coefficient (Wildman–Crippen LogP) is 2.57. The molecule has 1 fully saturated rings. The molecular weight excluding hydrogens is 376 g/mol. The van der Waals surface area contributed by atoms with Crippen LogP contribution >= 0.6 is 11.3 Å². The van der Waals surface area contributed by atoms with Crippen molar-refractivity contribution in [2.24, 2.45) is 0 Å². The number of morpholine rings is 1. The molecule has 0 unspecified atom stereocenters. The minimum Gasteiger partial charge on any atom is -0.481 e. The number of methoxy groups -OCH3 is 1. The van der Waals surface area contributed by atoms with Gasteiger partial charge >= 0.3 is 0 Å². The number of aromatic nitrogens is 3. The number of nitriles is 1. The number of nitrogens with zero attached hydrogens (tertiary/aromatic N) is 5. The second-order valence-corrected chi connectivity index (χ2v) is 7.13. The second-order valence-electron chi connectivity index (χ2n) is 6.12. The van der Waals surface area contributed by atoms with E-state index in [9.17, 15) is 5.26 Å². The van der Waals surface area contributed by atoms with Gasteiger partial charge in [-0.1, -0.05) is 11.3 Å². The third kappa shape index (κ3) is 3.47. The fraction of sp³-hybridized carbons (Fsp3) is 0.263. The van der Waals surface area contributed by atoms with E-state index in [1.165, 1.54) is 11.3 Å². The molecule has 0 aromatic carbocycles. The van der Waals surface area contributed by atoms with Crippen LogP contribution < -0.4 is 15.4 Å². The number of thiazole rings is 1. The highest BCUT2D eigenvalue weighted by Gasteiger charge is 2.19. The van der Waals surface area contributed by atoms with Crippen LogP contribution in [0.25, 0.3) is 21.7 Å². The number of pyridine rings is 2. The Bertz CT molecular complexity index is 1020. The van der Waals surface area contributed by atoms with Gasteiger partial charge in [-0.2, -0.15) is 5.26 Å². The van der Waals surface area contributed by atoms with Crippen molar-refractivity contribution in [3.05, 3.63) is 36.2 Å². The highest BCUT2D eigenvalue weighted by molar-refractivity contribution is 7.18. The molecule has 1 aliphatic rings. The van der Waals surface area contributed by atoms with Gasteiger partial charge in [0.15, 0.2) is 5.13 Å². The molecule has 9 heteroatoms. The van der Waals surface area contributed by atoms with E-state index in [4.69, 9.17) is 15.2 Å². The number of ether oxygens (including phenoxy) is 2. The first-order valence-electron chi connectivity index (χ1n) is 8.69. The number of rotatable bonds is 4. The summed E-state index contributed by atoms with van der Waals surface area (Å²) in [4.78, 5) is 16.2. The summed E-state index contributed by atoms with van der Waals surface area (Å²) < 4.78 is 10.5. The molecular formula is C19H18N6O2S. The number of nitrogen functional groups attached to an aromatic ring is 1. The van der Waals surface area contributed by atoms with Gasteiger partial charge in [0.1, 0.15) is 17.5 Å². The van der Waals surface area contributed by atoms with Gasteiger partial charge in [-0.05, 0) is 12.1 Å². The average molecular weight is 394 g/mol. The van der Waals surface area contributed by atoms with E-state index < -0.39 is 0 Å². The summed E-state index contributed by atoms with van der Waals surface area (Å²) in [7, 11) is 1.56. The zero-order chi connectivity index (χ0) is 19.5. The second kappa shape index (κ2) is 7.80. The molecule has 0 saturated carbocycles. The molecule has 28 heavy (non-hydrogen) atoms. The first kappa shape index (κ1) is 18.2. The van der Waals surface area contributed by atoms with Gasteiger partial charge in [0.05, 0.1) is 30.9 Å².